The molecule has 0 aliphatic rings. The molecule has 0 bridgehead atoms. The van der Waals surface area contributed by atoms with Gasteiger partial charge >= 0.3 is 0 Å². The summed E-state index contributed by atoms with van der Waals surface area (Å²) in [6.07, 6.45) is 0. The predicted molar refractivity (Wildman–Crippen MR) is 105 cm³/mol. The highest BCUT2D eigenvalue weighted by Gasteiger charge is 2.23. The Labute approximate surface area is 145 Å². The monoisotopic (exact) mass is 315 g/mol. The molecular formula is C23H25N. The van der Waals surface area contributed by atoms with Gasteiger partial charge in [0.1, 0.15) is 0 Å². The maximum atomic E-state index is 2.41. The summed E-state index contributed by atoms with van der Waals surface area (Å²) < 4.78 is 0. The lowest BCUT2D eigenvalue weighted by Gasteiger charge is -2.38. The number of nitrogens with zero attached hydrogens (tertiary/aromatic N) is 1. The molecular weight excluding hydrogens is 290 g/mol. The van der Waals surface area contributed by atoms with Crippen LogP contribution in [-0.4, -0.2) is 5.54 Å². The Kier molecular flexibility index (Phi) is 4.44. The van der Waals surface area contributed by atoms with E-state index in [0.717, 1.165) is 0 Å². The molecule has 0 atom stereocenters. The van der Waals surface area contributed by atoms with Crippen LogP contribution in [0.15, 0.2) is 78.9 Å². The van der Waals surface area contributed by atoms with Crippen LogP contribution in [0.5, 0.6) is 0 Å². The molecule has 24 heavy (non-hydrogen) atoms. The summed E-state index contributed by atoms with van der Waals surface area (Å²) in [4.78, 5) is 2.41. The molecule has 0 spiro atoms. The normalized spacial score (nSPS) is 11.3. The van der Waals surface area contributed by atoms with Crippen LogP contribution < -0.4 is 4.90 Å². The zero-order valence-electron chi connectivity index (χ0n) is 15.0. The summed E-state index contributed by atoms with van der Waals surface area (Å²) in [7, 11) is 0. The second-order valence-electron chi connectivity index (χ2n) is 7.26. The number of anilines is 2. The molecule has 0 radical (unpaired) electrons. The molecule has 0 unspecified atom stereocenters. The van der Waals surface area contributed by atoms with Crippen LogP contribution in [0.25, 0.3) is 11.1 Å². The van der Waals surface area contributed by atoms with Crippen molar-refractivity contribution in [3.63, 3.8) is 0 Å². The number of aryl methyl sites for hydroxylation is 1. The Morgan fingerprint density at radius 1 is 0.625 bits per heavy atom. The van der Waals surface area contributed by atoms with Crippen molar-refractivity contribution in [1.29, 1.82) is 0 Å². The van der Waals surface area contributed by atoms with Crippen molar-refractivity contribution in [2.75, 3.05) is 4.90 Å². The molecule has 0 fully saturated rings. The second-order valence-corrected chi connectivity index (χ2v) is 7.26. The van der Waals surface area contributed by atoms with Crippen LogP contribution in [0.1, 0.15) is 26.3 Å². The third-order valence-electron chi connectivity index (χ3n) is 4.14. The third kappa shape index (κ3) is 3.51. The first-order valence-corrected chi connectivity index (χ1v) is 8.47. The summed E-state index contributed by atoms with van der Waals surface area (Å²) in [5, 5.41) is 0. The van der Waals surface area contributed by atoms with E-state index in [1.165, 1.54) is 28.1 Å². The number of hydrogen-bond acceptors (Lipinski definition) is 1. The van der Waals surface area contributed by atoms with Gasteiger partial charge in [-0.05, 0) is 68.7 Å². The number of rotatable bonds is 3. The quantitative estimate of drug-likeness (QED) is 0.526. The standard InChI is InChI=1S/C23H25N/c1-18-10-8-14-21(16-18)24(23(2,3)4)22-15-9-13-20(17-22)19-11-6-5-7-12-19/h5-17H,1-4H3. The first-order chi connectivity index (χ1) is 11.4. The molecule has 1 nitrogen and oxygen atoms in total. The van der Waals surface area contributed by atoms with Crippen molar-refractivity contribution in [1.82, 2.24) is 0 Å². The first-order valence-electron chi connectivity index (χ1n) is 8.47. The predicted octanol–water partition coefficient (Wildman–Crippen LogP) is 6.60. The van der Waals surface area contributed by atoms with E-state index in [1.807, 2.05) is 0 Å². The van der Waals surface area contributed by atoms with E-state index >= 15 is 0 Å². The van der Waals surface area contributed by atoms with Crippen LogP contribution >= 0.6 is 0 Å². The molecule has 0 N–H and O–H groups in total. The average Bonchev–Trinajstić information content (AvgIpc) is 2.55. The van der Waals surface area contributed by atoms with E-state index in [2.05, 4.69) is 111 Å². The summed E-state index contributed by atoms with van der Waals surface area (Å²) in [6, 6.07) is 28.1. The number of benzene rings is 3. The Balaban J connectivity index is 2.09. The lowest BCUT2D eigenvalue weighted by atomic mass is 10.00. The van der Waals surface area contributed by atoms with Crippen LogP contribution in [0.4, 0.5) is 11.4 Å². The SMILES string of the molecule is Cc1cccc(N(c2cccc(-c3ccccc3)c2)C(C)(C)C)c1. The molecule has 3 aromatic carbocycles. The minimum Gasteiger partial charge on any atom is -0.336 e. The van der Waals surface area contributed by atoms with Gasteiger partial charge < -0.3 is 4.90 Å². The van der Waals surface area contributed by atoms with E-state index in [0.29, 0.717) is 0 Å². The lowest BCUT2D eigenvalue weighted by molar-refractivity contribution is 0.560. The average molecular weight is 315 g/mol. The first kappa shape index (κ1) is 16.3. The molecule has 122 valence electrons. The van der Waals surface area contributed by atoms with Gasteiger partial charge in [0.05, 0.1) is 0 Å². The van der Waals surface area contributed by atoms with Gasteiger partial charge in [0.2, 0.25) is 0 Å². The minimum atomic E-state index is -0.0108. The van der Waals surface area contributed by atoms with Crippen molar-refractivity contribution in [2.24, 2.45) is 0 Å². The summed E-state index contributed by atoms with van der Waals surface area (Å²) in [5.41, 5.74) is 6.21. The molecule has 0 saturated heterocycles. The smallest absolute Gasteiger partial charge is 0.0422 e. The van der Waals surface area contributed by atoms with Crippen LogP contribution in [0.2, 0.25) is 0 Å². The van der Waals surface area contributed by atoms with Crippen LogP contribution in [0, 0.1) is 6.92 Å². The molecule has 0 heterocycles. The fraction of sp³-hybridized carbons (Fsp3) is 0.217. The van der Waals surface area contributed by atoms with Crippen LogP contribution in [-0.2, 0) is 0 Å². The topological polar surface area (TPSA) is 3.24 Å². The zero-order chi connectivity index (χ0) is 17.2. The van der Waals surface area contributed by atoms with Gasteiger partial charge in [0.15, 0.2) is 0 Å². The van der Waals surface area contributed by atoms with E-state index in [1.54, 1.807) is 0 Å². The van der Waals surface area contributed by atoms with Gasteiger partial charge in [-0.3, -0.25) is 0 Å². The highest BCUT2D eigenvalue weighted by atomic mass is 15.2. The van der Waals surface area contributed by atoms with Crippen molar-refractivity contribution in [3.05, 3.63) is 84.4 Å². The molecule has 3 rings (SSSR count). The fourth-order valence-electron chi connectivity index (χ4n) is 3.15. The maximum Gasteiger partial charge on any atom is 0.0422 e. The summed E-state index contributed by atoms with van der Waals surface area (Å²) in [5.74, 6) is 0. The van der Waals surface area contributed by atoms with E-state index < -0.39 is 0 Å². The Morgan fingerprint density at radius 2 is 1.21 bits per heavy atom. The van der Waals surface area contributed by atoms with Crippen molar-refractivity contribution < 1.29 is 0 Å². The second kappa shape index (κ2) is 6.52. The molecule has 0 saturated carbocycles. The van der Waals surface area contributed by atoms with Gasteiger partial charge in [0, 0.05) is 16.9 Å². The molecule has 0 amide bonds. The van der Waals surface area contributed by atoms with Crippen molar-refractivity contribution in [2.45, 2.75) is 33.2 Å². The minimum absolute atomic E-state index is 0.0108. The Bertz CT molecular complexity index is 813. The molecule has 1 heteroatoms. The molecule has 0 aliphatic carbocycles. The van der Waals surface area contributed by atoms with Crippen molar-refractivity contribution >= 4 is 11.4 Å². The highest BCUT2D eigenvalue weighted by molar-refractivity contribution is 5.73. The van der Waals surface area contributed by atoms with E-state index in [9.17, 15) is 0 Å². The fourth-order valence-corrected chi connectivity index (χ4v) is 3.15. The van der Waals surface area contributed by atoms with Gasteiger partial charge in [-0.2, -0.15) is 0 Å². The van der Waals surface area contributed by atoms with Crippen molar-refractivity contribution in [3.8, 4) is 11.1 Å². The van der Waals surface area contributed by atoms with Crippen LogP contribution in [0.3, 0.4) is 0 Å². The largest absolute Gasteiger partial charge is 0.336 e. The molecule has 3 aromatic rings. The Morgan fingerprint density at radius 3 is 1.83 bits per heavy atom. The van der Waals surface area contributed by atoms with Gasteiger partial charge in [0.25, 0.3) is 0 Å². The van der Waals surface area contributed by atoms with Gasteiger partial charge in [-0.15, -0.1) is 0 Å². The van der Waals surface area contributed by atoms with Gasteiger partial charge in [-0.25, -0.2) is 0 Å². The lowest BCUT2D eigenvalue weighted by Crippen LogP contribution is -2.37. The third-order valence-corrected chi connectivity index (χ3v) is 4.14. The number of hydrogen-bond donors (Lipinski definition) is 0. The molecule has 0 aliphatic heterocycles. The summed E-state index contributed by atoms with van der Waals surface area (Å²) in [6.45, 7) is 8.91. The van der Waals surface area contributed by atoms with E-state index in [-0.39, 0.29) is 5.54 Å². The highest BCUT2D eigenvalue weighted by Crippen LogP contribution is 2.35. The Hall–Kier alpha value is -2.54. The van der Waals surface area contributed by atoms with Gasteiger partial charge in [-0.1, -0.05) is 54.6 Å². The van der Waals surface area contributed by atoms with E-state index in [4.69, 9.17) is 0 Å². The zero-order valence-corrected chi connectivity index (χ0v) is 15.0. The summed E-state index contributed by atoms with van der Waals surface area (Å²) >= 11 is 0. The molecule has 0 aromatic heterocycles. The maximum absolute atomic E-state index is 2.41.